The van der Waals surface area contributed by atoms with E-state index in [2.05, 4.69) is 26.3 Å². The number of hydrogen-bond donors (Lipinski definition) is 1. The molecule has 7 heteroatoms. The molecule has 1 amide bonds. The topological polar surface area (TPSA) is 73.2 Å². The average Bonchev–Trinajstić information content (AvgIpc) is 2.67. The molecule has 0 spiro atoms. The van der Waals surface area contributed by atoms with Gasteiger partial charge in [-0.25, -0.2) is 4.79 Å². The fraction of sp³-hybridized carbons (Fsp3) is 0.462. The van der Waals surface area contributed by atoms with Gasteiger partial charge in [0.15, 0.2) is 0 Å². The van der Waals surface area contributed by atoms with Gasteiger partial charge in [-0.05, 0) is 36.7 Å². The molecule has 20 heavy (non-hydrogen) atoms. The molecule has 0 saturated carbocycles. The van der Waals surface area contributed by atoms with Crippen molar-refractivity contribution in [1.29, 1.82) is 0 Å². The lowest BCUT2D eigenvalue weighted by Crippen LogP contribution is -2.23. The zero-order valence-corrected chi connectivity index (χ0v) is 13.4. The number of allylic oxidation sites excluding steroid dienone is 1. The number of halogens is 1. The molecule has 0 atom stereocenters. The summed E-state index contributed by atoms with van der Waals surface area (Å²) in [5.41, 5.74) is 1.43. The van der Waals surface area contributed by atoms with Crippen LogP contribution in [0.5, 0.6) is 0 Å². The van der Waals surface area contributed by atoms with E-state index in [4.69, 9.17) is 4.74 Å². The van der Waals surface area contributed by atoms with Crippen molar-refractivity contribution in [1.82, 2.24) is 15.1 Å². The summed E-state index contributed by atoms with van der Waals surface area (Å²) >= 11 is 3.36. The molecule has 0 aromatic carbocycles. The van der Waals surface area contributed by atoms with Gasteiger partial charge in [0.05, 0.1) is 23.8 Å². The molecule has 110 valence electrons. The van der Waals surface area contributed by atoms with Crippen molar-refractivity contribution < 1.29 is 14.3 Å². The highest BCUT2D eigenvalue weighted by molar-refractivity contribution is 9.10. The monoisotopic (exact) mass is 343 g/mol. The van der Waals surface area contributed by atoms with Crippen LogP contribution in [-0.4, -0.2) is 28.3 Å². The van der Waals surface area contributed by atoms with Crippen molar-refractivity contribution in [3.05, 3.63) is 28.1 Å². The Bertz CT molecular complexity index is 523. The van der Waals surface area contributed by atoms with Crippen LogP contribution >= 0.6 is 15.9 Å². The van der Waals surface area contributed by atoms with Gasteiger partial charge in [0, 0.05) is 23.9 Å². The third-order valence-corrected chi connectivity index (χ3v) is 3.33. The van der Waals surface area contributed by atoms with Crippen LogP contribution in [0.1, 0.15) is 26.0 Å². The van der Waals surface area contributed by atoms with Crippen LogP contribution < -0.4 is 5.32 Å². The van der Waals surface area contributed by atoms with Gasteiger partial charge in [-0.3, -0.25) is 9.48 Å². The molecular weight excluding hydrogens is 326 g/mol. The van der Waals surface area contributed by atoms with Crippen LogP contribution in [0.3, 0.4) is 0 Å². The molecule has 0 aliphatic rings. The van der Waals surface area contributed by atoms with Gasteiger partial charge in [0.25, 0.3) is 0 Å². The first-order chi connectivity index (χ1) is 9.43. The minimum absolute atomic E-state index is 0.172. The standard InChI is InChI=1S/C13H18BrN3O3/c1-4-20-13(19)7-9(2)16-12(18)5-6-17-10(3)11(14)8-15-17/h7-8H,4-6H2,1-3H3,(H,16,18)/b9-7+. The largest absolute Gasteiger partial charge is 0.463 e. The number of amides is 1. The fourth-order valence-electron chi connectivity index (χ4n) is 1.54. The van der Waals surface area contributed by atoms with Gasteiger partial charge < -0.3 is 10.1 Å². The summed E-state index contributed by atoms with van der Waals surface area (Å²) in [5, 5.41) is 6.77. The molecule has 0 bridgehead atoms. The molecular formula is C13H18BrN3O3. The molecule has 0 aliphatic heterocycles. The van der Waals surface area contributed by atoms with Gasteiger partial charge in [-0.15, -0.1) is 0 Å². The van der Waals surface area contributed by atoms with E-state index in [1.54, 1.807) is 24.7 Å². The minimum atomic E-state index is -0.461. The number of carbonyl (C=O) groups is 2. The Hall–Kier alpha value is -1.63. The van der Waals surface area contributed by atoms with E-state index in [1.165, 1.54) is 6.08 Å². The molecule has 0 radical (unpaired) electrons. The molecule has 1 aromatic rings. The summed E-state index contributed by atoms with van der Waals surface area (Å²) in [4.78, 5) is 22.9. The van der Waals surface area contributed by atoms with Crippen LogP contribution in [0.4, 0.5) is 0 Å². The maximum atomic E-state index is 11.7. The fourth-order valence-corrected chi connectivity index (χ4v) is 1.83. The summed E-state index contributed by atoms with van der Waals surface area (Å²) in [6, 6.07) is 0. The lowest BCUT2D eigenvalue weighted by Gasteiger charge is -2.07. The number of nitrogens with zero attached hydrogens (tertiary/aromatic N) is 2. The van der Waals surface area contributed by atoms with Crippen molar-refractivity contribution in [2.24, 2.45) is 0 Å². The van der Waals surface area contributed by atoms with E-state index in [1.807, 2.05) is 6.92 Å². The van der Waals surface area contributed by atoms with E-state index in [0.717, 1.165) is 10.2 Å². The predicted molar refractivity (Wildman–Crippen MR) is 77.8 cm³/mol. The summed E-state index contributed by atoms with van der Waals surface area (Å²) in [6.07, 6.45) is 3.24. The van der Waals surface area contributed by atoms with E-state index >= 15 is 0 Å². The van der Waals surface area contributed by atoms with Gasteiger partial charge in [0.1, 0.15) is 0 Å². The van der Waals surface area contributed by atoms with E-state index < -0.39 is 5.97 Å². The first-order valence-electron chi connectivity index (χ1n) is 6.26. The second-order valence-electron chi connectivity index (χ2n) is 4.18. The SMILES string of the molecule is CCOC(=O)/C=C(\C)NC(=O)CCn1ncc(Br)c1C. The number of aromatic nitrogens is 2. The van der Waals surface area contributed by atoms with Crippen molar-refractivity contribution in [3.63, 3.8) is 0 Å². The van der Waals surface area contributed by atoms with Gasteiger partial charge in [-0.1, -0.05) is 0 Å². The zero-order chi connectivity index (χ0) is 15.1. The van der Waals surface area contributed by atoms with Crippen LogP contribution in [0.2, 0.25) is 0 Å². The Labute approximate surface area is 126 Å². The second kappa shape index (κ2) is 7.84. The van der Waals surface area contributed by atoms with Crippen molar-refractivity contribution in [2.45, 2.75) is 33.7 Å². The van der Waals surface area contributed by atoms with Crippen molar-refractivity contribution in [2.75, 3.05) is 6.61 Å². The number of rotatable bonds is 6. The van der Waals surface area contributed by atoms with Crippen LogP contribution in [0.15, 0.2) is 22.4 Å². The highest BCUT2D eigenvalue weighted by Crippen LogP contribution is 2.14. The molecule has 1 heterocycles. The molecule has 1 rings (SSSR count). The smallest absolute Gasteiger partial charge is 0.332 e. The van der Waals surface area contributed by atoms with E-state index in [-0.39, 0.29) is 12.3 Å². The maximum Gasteiger partial charge on any atom is 0.332 e. The number of esters is 1. The van der Waals surface area contributed by atoms with Gasteiger partial charge in [-0.2, -0.15) is 5.10 Å². The Balaban J connectivity index is 2.44. The lowest BCUT2D eigenvalue weighted by atomic mass is 10.3. The predicted octanol–water partition coefficient (Wildman–Crippen LogP) is 1.93. The van der Waals surface area contributed by atoms with Crippen LogP contribution in [-0.2, 0) is 20.9 Å². The molecule has 0 saturated heterocycles. The quantitative estimate of drug-likeness (QED) is 0.632. The van der Waals surface area contributed by atoms with Crippen molar-refractivity contribution >= 4 is 27.8 Å². The first kappa shape index (κ1) is 16.4. The highest BCUT2D eigenvalue weighted by atomic mass is 79.9. The van der Waals surface area contributed by atoms with Crippen LogP contribution in [0.25, 0.3) is 0 Å². The summed E-state index contributed by atoms with van der Waals surface area (Å²) < 4.78 is 7.41. The van der Waals surface area contributed by atoms with E-state index in [9.17, 15) is 9.59 Å². The lowest BCUT2D eigenvalue weighted by molar-refractivity contribution is -0.137. The Morgan fingerprint density at radius 2 is 2.25 bits per heavy atom. The normalized spacial score (nSPS) is 11.3. The molecule has 0 fully saturated rings. The summed E-state index contributed by atoms with van der Waals surface area (Å²) in [6.45, 7) is 6.08. The van der Waals surface area contributed by atoms with Crippen LogP contribution in [0, 0.1) is 6.92 Å². The number of aryl methyl sites for hydroxylation is 1. The van der Waals surface area contributed by atoms with Crippen molar-refractivity contribution in [3.8, 4) is 0 Å². The third-order valence-electron chi connectivity index (χ3n) is 2.55. The number of carbonyl (C=O) groups excluding carboxylic acids is 2. The molecule has 1 aromatic heterocycles. The number of nitrogens with one attached hydrogen (secondary N) is 1. The first-order valence-corrected chi connectivity index (χ1v) is 7.06. The second-order valence-corrected chi connectivity index (χ2v) is 5.03. The number of ether oxygens (including phenoxy) is 1. The maximum absolute atomic E-state index is 11.7. The Morgan fingerprint density at radius 3 is 2.80 bits per heavy atom. The Morgan fingerprint density at radius 1 is 1.55 bits per heavy atom. The Kier molecular flexibility index (Phi) is 6.44. The number of hydrogen-bond acceptors (Lipinski definition) is 4. The van der Waals surface area contributed by atoms with Gasteiger partial charge >= 0.3 is 5.97 Å². The van der Waals surface area contributed by atoms with Gasteiger partial charge in [0.2, 0.25) is 5.91 Å². The molecule has 0 aliphatic carbocycles. The molecule has 0 unspecified atom stereocenters. The summed E-state index contributed by atoms with van der Waals surface area (Å²) in [7, 11) is 0. The summed E-state index contributed by atoms with van der Waals surface area (Å²) in [5.74, 6) is -0.633. The minimum Gasteiger partial charge on any atom is -0.463 e. The van der Waals surface area contributed by atoms with E-state index in [0.29, 0.717) is 18.8 Å². The molecule has 1 N–H and O–H groups in total. The zero-order valence-electron chi connectivity index (χ0n) is 11.8. The average molecular weight is 344 g/mol. The highest BCUT2D eigenvalue weighted by Gasteiger charge is 2.07. The third kappa shape index (κ3) is 5.16. The molecule has 6 nitrogen and oxygen atoms in total.